The highest BCUT2D eigenvalue weighted by atomic mass is 32.2. The topological polar surface area (TPSA) is 89.5 Å². The number of sulfonamides is 1. The Morgan fingerprint density at radius 3 is 2.00 bits per heavy atom. The molecule has 0 aromatic heterocycles. The Labute approximate surface area is 146 Å². The molecule has 2 aromatic rings. The van der Waals surface area contributed by atoms with E-state index in [-0.39, 0.29) is 11.3 Å². The Balaban J connectivity index is 2.03. The summed E-state index contributed by atoms with van der Waals surface area (Å²) < 4.78 is 29.8. The minimum Gasteiger partial charge on any atom is -0.451 e. The van der Waals surface area contributed by atoms with Crippen LogP contribution >= 0.6 is 0 Å². The zero-order valence-electron chi connectivity index (χ0n) is 14.1. The Bertz CT molecular complexity index is 871. The van der Waals surface area contributed by atoms with Crippen molar-refractivity contribution < 1.29 is 22.7 Å². The number of ketones is 1. The number of carbonyl (C=O) groups is 2. The summed E-state index contributed by atoms with van der Waals surface area (Å²) in [6.07, 6.45) is 0.108. The lowest BCUT2D eigenvalue weighted by Gasteiger charge is -2.13. The minimum absolute atomic E-state index is 0.225. The first-order valence-corrected chi connectivity index (χ1v) is 9.44. The fourth-order valence-corrected chi connectivity index (χ4v) is 2.69. The summed E-state index contributed by atoms with van der Waals surface area (Å²) in [7, 11) is -3.39. The molecule has 0 unspecified atom stereocenters. The second-order valence-corrected chi connectivity index (χ2v) is 7.48. The second kappa shape index (κ2) is 7.48. The third-order valence-corrected chi connectivity index (χ3v) is 4.02. The molecule has 6 nitrogen and oxygen atoms in total. The molecule has 0 heterocycles. The van der Waals surface area contributed by atoms with Crippen molar-refractivity contribution in [3.05, 3.63) is 65.2 Å². The van der Waals surface area contributed by atoms with Crippen molar-refractivity contribution in [3.8, 4) is 0 Å². The molecule has 0 aliphatic heterocycles. The van der Waals surface area contributed by atoms with E-state index in [0.717, 1.165) is 11.8 Å². The van der Waals surface area contributed by atoms with E-state index in [4.69, 9.17) is 4.74 Å². The second-order valence-electron chi connectivity index (χ2n) is 5.73. The third kappa shape index (κ3) is 5.42. The van der Waals surface area contributed by atoms with Crippen LogP contribution in [0.5, 0.6) is 0 Å². The molecule has 132 valence electrons. The summed E-state index contributed by atoms with van der Waals surface area (Å²) in [6.45, 7) is 3.43. The number of hydrogen-bond donors (Lipinski definition) is 1. The van der Waals surface area contributed by atoms with Gasteiger partial charge in [-0.1, -0.05) is 29.8 Å². The zero-order chi connectivity index (χ0) is 18.6. The molecule has 0 aliphatic rings. The van der Waals surface area contributed by atoms with Gasteiger partial charge in [-0.3, -0.25) is 9.52 Å². The first-order valence-electron chi connectivity index (χ1n) is 7.55. The molecule has 0 radical (unpaired) electrons. The van der Waals surface area contributed by atoms with Crippen molar-refractivity contribution >= 4 is 27.5 Å². The van der Waals surface area contributed by atoms with Crippen molar-refractivity contribution in [1.29, 1.82) is 0 Å². The van der Waals surface area contributed by atoms with Crippen LogP contribution in [0.2, 0.25) is 0 Å². The normalized spacial score (nSPS) is 12.3. The van der Waals surface area contributed by atoms with E-state index < -0.39 is 22.1 Å². The van der Waals surface area contributed by atoms with E-state index in [9.17, 15) is 18.0 Å². The molecule has 2 aromatic carbocycles. The summed E-state index contributed by atoms with van der Waals surface area (Å²) in [5.74, 6) is -0.942. The molecule has 25 heavy (non-hydrogen) atoms. The third-order valence-electron chi connectivity index (χ3n) is 3.41. The number of anilines is 1. The summed E-state index contributed by atoms with van der Waals surface area (Å²) in [6, 6.07) is 12.8. The van der Waals surface area contributed by atoms with Gasteiger partial charge in [0.2, 0.25) is 15.8 Å². The number of carbonyl (C=O) groups excluding carboxylic acids is 2. The van der Waals surface area contributed by atoms with Gasteiger partial charge in [0.1, 0.15) is 0 Å². The number of hydrogen-bond acceptors (Lipinski definition) is 5. The maximum absolute atomic E-state index is 12.3. The molecule has 1 N–H and O–H groups in total. The van der Waals surface area contributed by atoms with Gasteiger partial charge in [0.15, 0.2) is 6.10 Å². The van der Waals surface area contributed by atoms with Gasteiger partial charge >= 0.3 is 5.97 Å². The molecule has 0 saturated carbocycles. The van der Waals surface area contributed by atoms with Crippen LogP contribution in [0.15, 0.2) is 48.5 Å². The van der Waals surface area contributed by atoms with E-state index in [1.807, 2.05) is 19.1 Å². The van der Waals surface area contributed by atoms with Gasteiger partial charge < -0.3 is 4.74 Å². The van der Waals surface area contributed by atoms with Gasteiger partial charge in [0, 0.05) is 11.3 Å². The lowest BCUT2D eigenvalue weighted by Crippen LogP contribution is -2.24. The van der Waals surface area contributed by atoms with Crippen molar-refractivity contribution in [2.24, 2.45) is 0 Å². The molecule has 0 spiro atoms. The van der Waals surface area contributed by atoms with Crippen LogP contribution in [0, 0.1) is 6.92 Å². The van der Waals surface area contributed by atoms with Crippen LogP contribution in [0.4, 0.5) is 5.69 Å². The molecule has 0 amide bonds. The van der Waals surface area contributed by atoms with Crippen LogP contribution in [0.1, 0.15) is 33.2 Å². The van der Waals surface area contributed by atoms with E-state index in [2.05, 4.69) is 4.72 Å². The lowest BCUT2D eigenvalue weighted by molar-refractivity contribution is 0.0319. The Morgan fingerprint density at radius 2 is 1.48 bits per heavy atom. The average Bonchev–Trinajstić information content (AvgIpc) is 2.54. The molecule has 0 fully saturated rings. The number of aryl methyl sites for hydroxylation is 1. The molecule has 0 saturated heterocycles. The van der Waals surface area contributed by atoms with Gasteiger partial charge in [0.05, 0.1) is 11.8 Å². The van der Waals surface area contributed by atoms with E-state index in [1.165, 1.54) is 31.2 Å². The van der Waals surface area contributed by atoms with E-state index in [1.54, 1.807) is 12.1 Å². The SMILES string of the molecule is Cc1ccc(C(=O)[C@@H](C)OC(=O)c2ccc(NS(C)(=O)=O)cc2)cc1. The van der Waals surface area contributed by atoms with E-state index in [0.29, 0.717) is 11.3 Å². The lowest BCUT2D eigenvalue weighted by atomic mass is 10.1. The standard InChI is InChI=1S/C18H19NO5S/c1-12-4-6-14(7-5-12)17(20)13(2)24-18(21)15-8-10-16(11-9-15)19-25(3,22)23/h4-11,13,19H,1-3H3/t13-/m1/s1. The fourth-order valence-electron chi connectivity index (χ4n) is 2.12. The smallest absolute Gasteiger partial charge is 0.338 e. The molecule has 7 heteroatoms. The highest BCUT2D eigenvalue weighted by molar-refractivity contribution is 7.92. The Morgan fingerprint density at radius 1 is 0.960 bits per heavy atom. The molecular weight excluding hydrogens is 342 g/mol. The van der Waals surface area contributed by atoms with Crippen molar-refractivity contribution in [1.82, 2.24) is 0 Å². The van der Waals surface area contributed by atoms with Crippen LogP contribution in [-0.2, 0) is 14.8 Å². The van der Waals surface area contributed by atoms with Crippen molar-refractivity contribution in [2.75, 3.05) is 11.0 Å². The number of esters is 1. The van der Waals surface area contributed by atoms with Crippen LogP contribution < -0.4 is 4.72 Å². The van der Waals surface area contributed by atoms with Crippen molar-refractivity contribution in [2.45, 2.75) is 20.0 Å². The number of benzene rings is 2. The van der Waals surface area contributed by atoms with Crippen LogP contribution in [0.3, 0.4) is 0 Å². The molecule has 0 aliphatic carbocycles. The first kappa shape index (κ1) is 18.7. The van der Waals surface area contributed by atoms with Crippen LogP contribution in [0.25, 0.3) is 0 Å². The number of nitrogens with one attached hydrogen (secondary N) is 1. The van der Waals surface area contributed by atoms with Gasteiger partial charge in [-0.05, 0) is 38.1 Å². The maximum Gasteiger partial charge on any atom is 0.338 e. The monoisotopic (exact) mass is 361 g/mol. The van der Waals surface area contributed by atoms with Gasteiger partial charge in [-0.25, -0.2) is 13.2 Å². The number of rotatable bonds is 6. The molecule has 0 bridgehead atoms. The zero-order valence-corrected chi connectivity index (χ0v) is 15.0. The van der Waals surface area contributed by atoms with Crippen molar-refractivity contribution in [3.63, 3.8) is 0 Å². The van der Waals surface area contributed by atoms with Crippen LogP contribution in [-0.4, -0.2) is 32.5 Å². The van der Waals surface area contributed by atoms with Gasteiger partial charge in [0.25, 0.3) is 0 Å². The molecule has 2 rings (SSSR count). The average molecular weight is 361 g/mol. The summed E-state index contributed by atoms with van der Waals surface area (Å²) in [5.41, 5.74) is 2.06. The summed E-state index contributed by atoms with van der Waals surface area (Å²) in [5, 5.41) is 0. The molecule has 1 atom stereocenters. The highest BCUT2D eigenvalue weighted by Gasteiger charge is 2.20. The number of ether oxygens (including phenoxy) is 1. The van der Waals surface area contributed by atoms with E-state index >= 15 is 0 Å². The molecular formula is C18H19NO5S. The maximum atomic E-state index is 12.3. The fraction of sp³-hybridized carbons (Fsp3) is 0.222. The predicted octanol–water partition coefficient (Wildman–Crippen LogP) is 2.79. The van der Waals surface area contributed by atoms with Gasteiger partial charge in [-0.15, -0.1) is 0 Å². The summed E-state index contributed by atoms with van der Waals surface area (Å²) in [4.78, 5) is 24.4. The summed E-state index contributed by atoms with van der Waals surface area (Å²) >= 11 is 0. The predicted molar refractivity (Wildman–Crippen MR) is 95.3 cm³/mol. The Hall–Kier alpha value is -2.67. The number of Topliss-reactive ketones (excluding diaryl/α,β-unsaturated/α-hetero) is 1. The largest absolute Gasteiger partial charge is 0.451 e. The highest BCUT2D eigenvalue weighted by Crippen LogP contribution is 2.14. The quantitative estimate of drug-likeness (QED) is 0.631. The Kier molecular flexibility index (Phi) is 5.58. The van der Waals surface area contributed by atoms with Gasteiger partial charge in [-0.2, -0.15) is 0 Å². The first-order chi connectivity index (χ1) is 11.7. The minimum atomic E-state index is -3.39.